The molecule has 0 bridgehead atoms. The van der Waals surface area contributed by atoms with Crippen molar-refractivity contribution in [1.29, 1.82) is 5.41 Å². The van der Waals surface area contributed by atoms with Crippen molar-refractivity contribution in [1.82, 2.24) is 15.2 Å². The molecule has 1 aliphatic heterocycles. The summed E-state index contributed by atoms with van der Waals surface area (Å²) in [7, 11) is 0. The predicted molar refractivity (Wildman–Crippen MR) is 101 cm³/mol. The van der Waals surface area contributed by atoms with E-state index in [1.807, 2.05) is 30.3 Å². The molecular formula is C20H24N4O3. The summed E-state index contributed by atoms with van der Waals surface area (Å²) >= 11 is 0. The van der Waals surface area contributed by atoms with Gasteiger partial charge in [0.1, 0.15) is 6.26 Å². The normalized spacial score (nSPS) is 16.0. The summed E-state index contributed by atoms with van der Waals surface area (Å²) < 4.78 is 5.10. The topological polar surface area (TPSA) is 99.3 Å². The summed E-state index contributed by atoms with van der Waals surface area (Å²) in [6.07, 6.45) is 4.37. The number of rotatable bonds is 6. The maximum Gasteiger partial charge on any atom is 0.275 e. The van der Waals surface area contributed by atoms with Gasteiger partial charge in [-0.2, -0.15) is 0 Å². The molecule has 2 N–H and O–H groups in total. The molecule has 1 aliphatic rings. The van der Waals surface area contributed by atoms with E-state index in [-0.39, 0.29) is 23.8 Å². The number of aromatic nitrogens is 1. The number of aryl methyl sites for hydroxylation is 1. The van der Waals surface area contributed by atoms with E-state index in [1.54, 1.807) is 11.8 Å². The van der Waals surface area contributed by atoms with Crippen molar-refractivity contribution in [2.75, 3.05) is 13.1 Å². The first-order chi connectivity index (χ1) is 13.1. The Labute approximate surface area is 158 Å². The third-order valence-corrected chi connectivity index (χ3v) is 4.86. The molecule has 1 atom stereocenters. The van der Waals surface area contributed by atoms with Gasteiger partial charge in [-0.3, -0.25) is 9.59 Å². The van der Waals surface area contributed by atoms with E-state index < -0.39 is 0 Å². The van der Waals surface area contributed by atoms with Gasteiger partial charge >= 0.3 is 0 Å². The number of piperidine rings is 1. The number of carbonyl (C=O) groups is 2. The van der Waals surface area contributed by atoms with Crippen LogP contribution in [0.25, 0.3) is 0 Å². The lowest BCUT2D eigenvalue weighted by Crippen LogP contribution is -2.43. The average molecular weight is 368 g/mol. The molecule has 0 saturated carbocycles. The Balaban J connectivity index is 1.56. The highest BCUT2D eigenvalue weighted by atomic mass is 16.3. The first kappa shape index (κ1) is 18.8. The Morgan fingerprint density at radius 2 is 2.04 bits per heavy atom. The number of carbonyl (C=O) groups excluding carboxylic acids is 2. The Morgan fingerprint density at radius 1 is 1.33 bits per heavy atom. The van der Waals surface area contributed by atoms with E-state index in [0.717, 1.165) is 5.56 Å². The van der Waals surface area contributed by atoms with E-state index >= 15 is 0 Å². The van der Waals surface area contributed by atoms with Crippen molar-refractivity contribution in [3.8, 4) is 0 Å². The number of hydrogen-bond acceptors (Lipinski definition) is 5. The molecule has 27 heavy (non-hydrogen) atoms. The van der Waals surface area contributed by atoms with Gasteiger partial charge in [-0.1, -0.05) is 30.3 Å². The third kappa shape index (κ3) is 4.61. The summed E-state index contributed by atoms with van der Waals surface area (Å²) in [5, 5.41) is 10.5. The zero-order valence-electron chi connectivity index (χ0n) is 15.4. The van der Waals surface area contributed by atoms with Crippen LogP contribution in [0.15, 0.2) is 41.0 Å². The SMILES string of the molecule is Cc1nc(C(=O)N2CCC(C(=O)NC(CC=N)c3ccccc3)CC2)co1. The van der Waals surface area contributed by atoms with Crippen LogP contribution in [0.4, 0.5) is 0 Å². The van der Waals surface area contributed by atoms with Gasteiger partial charge in [-0.25, -0.2) is 4.98 Å². The van der Waals surface area contributed by atoms with Crippen LogP contribution in [0.5, 0.6) is 0 Å². The monoisotopic (exact) mass is 368 g/mol. The van der Waals surface area contributed by atoms with E-state index in [9.17, 15) is 9.59 Å². The van der Waals surface area contributed by atoms with Gasteiger partial charge in [0.15, 0.2) is 11.6 Å². The fraction of sp³-hybridized carbons (Fsp3) is 0.400. The van der Waals surface area contributed by atoms with Gasteiger partial charge in [0.25, 0.3) is 5.91 Å². The average Bonchev–Trinajstić information content (AvgIpc) is 3.14. The highest BCUT2D eigenvalue weighted by molar-refractivity contribution is 5.92. The van der Waals surface area contributed by atoms with Crippen LogP contribution >= 0.6 is 0 Å². The Kier molecular flexibility index (Phi) is 6.01. The van der Waals surface area contributed by atoms with Crippen LogP contribution in [0.2, 0.25) is 0 Å². The van der Waals surface area contributed by atoms with Crippen LogP contribution in [0.1, 0.15) is 47.2 Å². The molecule has 0 aliphatic carbocycles. The number of amides is 2. The van der Waals surface area contributed by atoms with Crippen molar-refractivity contribution >= 4 is 18.0 Å². The number of oxazole rings is 1. The molecule has 7 heteroatoms. The van der Waals surface area contributed by atoms with Gasteiger partial charge in [0.2, 0.25) is 5.91 Å². The van der Waals surface area contributed by atoms with Gasteiger partial charge < -0.3 is 20.0 Å². The third-order valence-electron chi connectivity index (χ3n) is 4.86. The van der Waals surface area contributed by atoms with Gasteiger partial charge in [0, 0.05) is 32.4 Å². The zero-order chi connectivity index (χ0) is 19.2. The van der Waals surface area contributed by atoms with Crippen molar-refractivity contribution in [2.24, 2.45) is 5.92 Å². The molecule has 1 aromatic carbocycles. The summed E-state index contributed by atoms with van der Waals surface area (Å²) in [6.45, 7) is 2.73. The minimum absolute atomic E-state index is 0.0184. The van der Waals surface area contributed by atoms with E-state index in [4.69, 9.17) is 9.83 Å². The standard InChI is InChI=1S/C20H24N4O3/c1-14-22-18(13-27-14)20(26)24-11-8-16(9-12-24)19(25)23-17(7-10-21)15-5-3-2-4-6-15/h2-6,10,13,16-17,21H,7-9,11-12H2,1H3,(H,23,25). The van der Waals surface area contributed by atoms with E-state index in [0.29, 0.717) is 43.9 Å². The molecule has 142 valence electrons. The van der Waals surface area contributed by atoms with Gasteiger partial charge in [-0.05, 0) is 24.6 Å². The summed E-state index contributed by atoms with van der Waals surface area (Å²) in [5.74, 6) is 0.155. The molecule has 1 fully saturated rings. The minimum Gasteiger partial charge on any atom is -0.448 e. The van der Waals surface area contributed by atoms with E-state index in [2.05, 4.69) is 10.3 Å². The van der Waals surface area contributed by atoms with Crippen LogP contribution in [-0.4, -0.2) is 41.0 Å². The molecule has 1 unspecified atom stereocenters. The van der Waals surface area contributed by atoms with Crippen LogP contribution in [-0.2, 0) is 4.79 Å². The molecule has 1 saturated heterocycles. The number of nitrogens with zero attached hydrogens (tertiary/aromatic N) is 2. The maximum absolute atomic E-state index is 12.7. The van der Waals surface area contributed by atoms with Gasteiger partial charge in [0.05, 0.1) is 6.04 Å². The van der Waals surface area contributed by atoms with Crippen molar-refractivity contribution in [3.05, 3.63) is 53.7 Å². The predicted octanol–water partition coefficient (Wildman–Crippen LogP) is 2.73. The first-order valence-corrected chi connectivity index (χ1v) is 9.14. The second-order valence-electron chi connectivity index (χ2n) is 6.73. The van der Waals surface area contributed by atoms with Crippen LogP contribution in [0, 0.1) is 18.3 Å². The smallest absolute Gasteiger partial charge is 0.275 e. The number of likely N-dealkylation sites (tertiary alicyclic amines) is 1. The highest BCUT2D eigenvalue weighted by Gasteiger charge is 2.29. The van der Waals surface area contributed by atoms with Gasteiger partial charge in [-0.15, -0.1) is 0 Å². The molecule has 2 amide bonds. The summed E-state index contributed by atoms with van der Waals surface area (Å²) in [6, 6.07) is 9.48. The fourth-order valence-corrected chi connectivity index (χ4v) is 3.34. The Morgan fingerprint density at radius 3 is 2.63 bits per heavy atom. The molecule has 0 spiro atoms. The zero-order valence-corrected chi connectivity index (χ0v) is 15.4. The molecule has 2 aromatic rings. The van der Waals surface area contributed by atoms with Crippen molar-refractivity contribution < 1.29 is 14.0 Å². The second-order valence-corrected chi connectivity index (χ2v) is 6.73. The maximum atomic E-state index is 12.7. The minimum atomic E-state index is -0.200. The first-order valence-electron chi connectivity index (χ1n) is 9.14. The lowest BCUT2D eigenvalue weighted by molar-refractivity contribution is -0.127. The van der Waals surface area contributed by atoms with Crippen molar-refractivity contribution in [2.45, 2.75) is 32.2 Å². The van der Waals surface area contributed by atoms with Crippen LogP contribution in [0.3, 0.4) is 0 Å². The number of benzene rings is 1. The van der Waals surface area contributed by atoms with Crippen LogP contribution < -0.4 is 5.32 Å². The summed E-state index contributed by atoms with van der Waals surface area (Å²) in [5.41, 5.74) is 1.30. The molecule has 2 heterocycles. The summed E-state index contributed by atoms with van der Waals surface area (Å²) in [4.78, 5) is 30.9. The molecule has 0 radical (unpaired) electrons. The molecule has 3 rings (SSSR count). The second kappa shape index (κ2) is 8.62. The lowest BCUT2D eigenvalue weighted by atomic mass is 9.94. The molecule has 1 aromatic heterocycles. The highest BCUT2D eigenvalue weighted by Crippen LogP contribution is 2.22. The molecular weight excluding hydrogens is 344 g/mol. The fourth-order valence-electron chi connectivity index (χ4n) is 3.34. The Bertz CT molecular complexity index is 795. The van der Waals surface area contributed by atoms with Crippen molar-refractivity contribution in [3.63, 3.8) is 0 Å². The quantitative estimate of drug-likeness (QED) is 0.766. The largest absolute Gasteiger partial charge is 0.448 e. The number of nitrogens with one attached hydrogen (secondary N) is 2. The Hall–Kier alpha value is -2.96. The lowest BCUT2D eigenvalue weighted by Gasteiger charge is -2.31. The number of hydrogen-bond donors (Lipinski definition) is 2. The van der Waals surface area contributed by atoms with E-state index in [1.165, 1.54) is 12.5 Å². The molecule has 7 nitrogen and oxygen atoms in total.